The molecular weight excluding hydrogens is 246 g/mol. The van der Waals surface area contributed by atoms with Gasteiger partial charge in [0.15, 0.2) is 0 Å². The molecule has 1 amide bonds. The quantitative estimate of drug-likeness (QED) is 0.813. The Morgan fingerprint density at radius 3 is 2.94 bits per heavy atom. The summed E-state index contributed by atoms with van der Waals surface area (Å²) < 4.78 is 0. The fourth-order valence-corrected chi connectivity index (χ4v) is 2.47. The number of carbonyl (C=O) groups is 1. The molecule has 0 saturated heterocycles. The van der Waals surface area contributed by atoms with Crippen LogP contribution in [0.25, 0.3) is 0 Å². The van der Waals surface area contributed by atoms with Crippen molar-refractivity contribution in [3.8, 4) is 0 Å². The minimum Gasteiger partial charge on any atom is -0.352 e. The van der Waals surface area contributed by atoms with Crippen LogP contribution in [0.3, 0.4) is 0 Å². The largest absolute Gasteiger partial charge is 0.352 e. The van der Waals surface area contributed by atoms with Gasteiger partial charge in [-0.05, 0) is 55.4 Å². The van der Waals surface area contributed by atoms with Crippen LogP contribution >= 0.6 is 11.6 Å². The highest BCUT2D eigenvalue weighted by atomic mass is 35.5. The Bertz CT molecular complexity index is 431. The summed E-state index contributed by atoms with van der Waals surface area (Å²) in [6, 6.07) is 6.06. The van der Waals surface area contributed by atoms with E-state index in [0.717, 1.165) is 31.2 Å². The molecule has 1 aromatic carbocycles. The predicted octanol–water partition coefficient (Wildman–Crippen LogP) is 3.31. The summed E-state index contributed by atoms with van der Waals surface area (Å²) in [4.78, 5) is 12.0. The van der Waals surface area contributed by atoms with Crippen molar-refractivity contribution >= 4 is 17.5 Å². The van der Waals surface area contributed by atoms with Crippen molar-refractivity contribution in [3.05, 3.63) is 34.9 Å². The van der Waals surface area contributed by atoms with Crippen LogP contribution in [0.15, 0.2) is 18.2 Å². The van der Waals surface area contributed by atoms with Gasteiger partial charge in [0, 0.05) is 17.5 Å². The van der Waals surface area contributed by atoms with Gasteiger partial charge in [0.05, 0.1) is 0 Å². The van der Waals surface area contributed by atoms with Crippen molar-refractivity contribution in [2.45, 2.75) is 44.4 Å². The number of benzene rings is 1. The molecule has 0 fully saturated rings. The number of fused-ring (bicyclic) bond motifs is 1. The monoisotopic (exact) mass is 265 g/mol. The minimum atomic E-state index is 0.0182. The number of halogens is 1. The van der Waals surface area contributed by atoms with Crippen molar-refractivity contribution in [1.82, 2.24) is 5.32 Å². The molecule has 1 atom stereocenters. The van der Waals surface area contributed by atoms with Crippen LogP contribution in [0.5, 0.6) is 0 Å². The van der Waals surface area contributed by atoms with E-state index >= 15 is 0 Å². The van der Waals surface area contributed by atoms with E-state index in [2.05, 4.69) is 18.3 Å². The van der Waals surface area contributed by atoms with Gasteiger partial charge in [-0.25, -0.2) is 0 Å². The Morgan fingerprint density at radius 1 is 1.39 bits per heavy atom. The van der Waals surface area contributed by atoms with Gasteiger partial charge in [-0.1, -0.05) is 13.0 Å². The Hall–Kier alpha value is -1.02. The first-order valence-corrected chi connectivity index (χ1v) is 7.18. The standard InChI is InChI=1S/C15H20ClNO/c1-2-14(16)8-9-17-15(18)13-7-6-11-4-3-5-12(11)10-13/h6-7,10,14H,2-5,8-9H2,1H3,(H,17,18). The molecule has 3 heteroatoms. The summed E-state index contributed by atoms with van der Waals surface area (Å²) in [5, 5.41) is 3.09. The number of amides is 1. The molecule has 0 saturated carbocycles. The van der Waals surface area contributed by atoms with Crippen molar-refractivity contribution < 1.29 is 4.79 Å². The third-order valence-electron chi connectivity index (χ3n) is 3.55. The summed E-state index contributed by atoms with van der Waals surface area (Å²) in [6.07, 6.45) is 5.24. The van der Waals surface area contributed by atoms with E-state index in [1.807, 2.05) is 12.1 Å². The summed E-state index contributed by atoms with van der Waals surface area (Å²) in [6.45, 7) is 2.71. The molecule has 1 unspecified atom stereocenters. The average molecular weight is 266 g/mol. The molecule has 1 aromatic rings. The lowest BCUT2D eigenvalue weighted by atomic mass is 10.1. The Labute approximate surface area is 114 Å². The number of hydrogen-bond acceptors (Lipinski definition) is 1. The molecule has 2 rings (SSSR count). The second kappa shape index (κ2) is 6.24. The number of carbonyl (C=O) groups excluding carboxylic acids is 1. The molecule has 18 heavy (non-hydrogen) atoms. The van der Waals surface area contributed by atoms with Gasteiger partial charge in [0.25, 0.3) is 5.91 Å². The summed E-state index contributed by atoms with van der Waals surface area (Å²) >= 11 is 6.02. The lowest BCUT2D eigenvalue weighted by Gasteiger charge is -2.09. The summed E-state index contributed by atoms with van der Waals surface area (Å²) in [5.41, 5.74) is 3.52. The van der Waals surface area contributed by atoms with Gasteiger partial charge in [-0.3, -0.25) is 4.79 Å². The fourth-order valence-electron chi connectivity index (χ4n) is 2.36. The fraction of sp³-hybridized carbons (Fsp3) is 0.533. The van der Waals surface area contributed by atoms with Crippen LogP contribution < -0.4 is 5.32 Å². The third kappa shape index (κ3) is 3.26. The first kappa shape index (κ1) is 13.4. The zero-order valence-electron chi connectivity index (χ0n) is 10.8. The van der Waals surface area contributed by atoms with E-state index in [1.165, 1.54) is 17.5 Å². The van der Waals surface area contributed by atoms with Crippen LogP contribution in [-0.4, -0.2) is 17.8 Å². The smallest absolute Gasteiger partial charge is 0.251 e. The van der Waals surface area contributed by atoms with E-state index in [0.29, 0.717) is 6.54 Å². The zero-order valence-corrected chi connectivity index (χ0v) is 11.6. The molecule has 1 aliphatic rings. The van der Waals surface area contributed by atoms with Crippen molar-refractivity contribution in [3.63, 3.8) is 0 Å². The van der Waals surface area contributed by atoms with Gasteiger partial charge < -0.3 is 5.32 Å². The molecule has 0 spiro atoms. The maximum absolute atomic E-state index is 12.0. The van der Waals surface area contributed by atoms with Crippen molar-refractivity contribution in [1.29, 1.82) is 0 Å². The lowest BCUT2D eigenvalue weighted by molar-refractivity contribution is 0.0953. The SMILES string of the molecule is CCC(Cl)CCNC(=O)c1ccc2c(c1)CCC2. The van der Waals surface area contributed by atoms with E-state index in [-0.39, 0.29) is 11.3 Å². The van der Waals surface area contributed by atoms with E-state index < -0.39 is 0 Å². The number of nitrogens with one attached hydrogen (secondary N) is 1. The Morgan fingerprint density at radius 2 is 2.17 bits per heavy atom. The highest BCUT2D eigenvalue weighted by Gasteiger charge is 2.13. The van der Waals surface area contributed by atoms with Crippen LogP contribution in [0, 0.1) is 0 Å². The Kier molecular flexibility index (Phi) is 4.65. The second-order valence-electron chi connectivity index (χ2n) is 4.89. The highest BCUT2D eigenvalue weighted by Crippen LogP contribution is 2.22. The van der Waals surface area contributed by atoms with Gasteiger partial charge in [-0.2, -0.15) is 0 Å². The minimum absolute atomic E-state index is 0.0182. The van der Waals surface area contributed by atoms with Crippen molar-refractivity contribution in [2.75, 3.05) is 6.54 Å². The molecule has 0 aromatic heterocycles. The topological polar surface area (TPSA) is 29.1 Å². The molecule has 0 aliphatic heterocycles. The van der Waals surface area contributed by atoms with E-state index in [1.54, 1.807) is 0 Å². The van der Waals surface area contributed by atoms with Crippen LogP contribution in [-0.2, 0) is 12.8 Å². The van der Waals surface area contributed by atoms with Gasteiger partial charge in [0.2, 0.25) is 0 Å². The van der Waals surface area contributed by atoms with Crippen LogP contribution in [0.4, 0.5) is 0 Å². The first-order chi connectivity index (χ1) is 8.70. The molecule has 2 nitrogen and oxygen atoms in total. The molecule has 1 N–H and O–H groups in total. The normalized spacial score (nSPS) is 15.2. The van der Waals surface area contributed by atoms with Crippen LogP contribution in [0.2, 0.25) is 0 Å². The number of alkyl halides is 1. The van der Waals surface area contributed by atoms with Crippen LogP contribution in [0.1, 0.15) is 47.7 Å². The number of aryl methyl sites for hydroxylation is 2. The maximum Gasteiger partial charge on any atom is 0.251 e. The molecule has 98 valence electrons. The molecule has 0 radical (unpaired) electrons. The van der Waals surface area contributed by atoms with E-state index in [4.69, 9.17) is 11.6 Å². The number of rotatable bonds is 5. The van der Waals surface area contributed by atoms with Gasteiger partial charge in [0.1, 0.15) is 0 Å². The average Bonchev–Trinajstić information content (AvgIpc) is 2.85. The predicted molar refractivity (Wildman–Crippen MR) is 75.3 cm³/mol. The zero-order chi connectivity index (χ0) is 13.0. The molecule has 0 heterocycles. The van der Waals surface area contributed by atoms with Crippen molar-refractivity contribution in [2.24, 2.45) is 0 Å². The third-order valence-corrected chi connectivity index (χ3v) is 4.07. The van der Waals surface area contributed by atoms with Gasteiger partial charge >= 0.3 is 0 Å². The van der Waals surface area contributed by atoms with Gasteiger partial charge in [-0.15, -0.1) is 11.6 Å². The van der Waals surface area contributed by atoms with E-state index in [9.17, 15) is 4.79 Å². The second-order valence-corrected chi connectivity index (χ2v) is 5.50. The summed E-state index contributed by atoms with van der Waals surface area (Å²) in [5.74, 6) is 0.0182. The maximum atomic E-state index is 12.0. The Balaban J connectivity index is 1.89. The molecular formula is C15H20ClNO. The lowest BCUT2D eigenvalue weighted by Crippen LogP contribution is -2.26. The highest BCUT2D eigenvalue weighted by molar-refractivity contribution is 6.20. The molecule has 1 aliphatic carbocycles. The number of hydrogen-bond donors (Lipinski definition) is 1. The summed E-state index contributed by atoms with van der Waals surface area (Å²) in [7, 11) is 0. The first-order valence-electron chi connectivity index (χ1n) is 6.74. The molecule has 0 bridgehead atoms.